The van der Waals surface area contributed by atoms with E-state index >= 15 is 0 Å². The van der Waals surface area contributed by atoms with Crippen LogP contribution in [0.4, 0.5) is 0 Å². The number of aryl methyl sites for hydroxylation is 3. The zero-order valence-corrected chi connectivity index (χ0v) is 18.3. The Hall–Kier alpha value is -2.93. The van der Waals surface area contributed by atoms with E-state index in [0.29, 0.717) is 18.7 Å². The van der Waals surface area contributed by atoms with Crippen LogP contribution in [0.3, 0.4) is 0 Å². The molecular weight excluding hydrogens is 378 g/mol. The first-order valence-corrected chi connectivity index (χ1v) is 10.4. The van der Waals surface area contributed by atoms with Gasteiger partial charge in [0, 0.05) is 45.0 Å². The summed E-state index contributed by atoms with van der Waals surface area (Å²) in [6, 6.07) is 10.4. The van der Waals surface area contributed by atoms with Crippen LogP contribution in [-0.4, -0.2) is 63.8 Å². The van der Waals surface area contributed by atoms with Crippen molar-refractivity contribution in [3.05, 3.63) is 52.8 Å². The molecule has 1 aliphatic heterocycles. The smallest absolute Gasteiger partial charge is 0.254 e. The first kappa shape index (κ1) is 20.3. The fourth-order valence-corrected chi connectivity index (χ4v) is 4.33. The number of benzene rings is 1. The predicted octanol–water partition coefficient (Wildman–Crippen LogP) is 3.11. The number of pyridine rings is 1. The topological polar surface area (TPSA) is 63.5 Å². The van der Waals surface area contributed by atoms with E-state index in [1.807, 2.05) is 44.0 Å². The molecule has 0 aliphatic carbocycles. The lowest BCUT2D eigenvalue weighted by Crippen LogP contribution is -2.49. The van der Waals surface area contributed by atoms with Crippen molar-refractivity contribution in [1.29, 1.82) is 0 Å². The zero-order chi connectivity index (χ0) is 21.4. The number of hydrogen-bond donors (Lipinski definition) is 0. The van der Waals surface area contributed by atoms with E-state index in [4.69, 9.17) is 4.74 Å². The molecule has 1 fully saturated rings. The molecule has 1 saturated heterocycles. The number of fused-ring (bicyclic) bond motifs is 1. The number of amides is 1. The summed E-state index contributed by atoms with van der Waals surface area (Å²) in [5.41, 5.74) is 4.37. The molecule has 7 heteroatoms. The maximum atomic E-state index is 13.4. The van der Waals surface area contributed by atoms with Gasteiger partial charge < -0.3 is 9.64 Å². The largest absolute Gasteiger partial charge is 0.497 e. The summed E-state index contributed by atoms with van der Waals surface area (Å²) in [7, 11) is 3.56. The molecular formula is C23H29N5O2. The van der Waals surface area contributed by atoms with Crippen molar-refractivity contribution in [3.63, 3.8) is 0 Å². The van der Waals surface area contributed by atoms with Crippen molar-refractivity contribution in [2.75, 3.05) is 33.3 Å². The van der Waals surface area contributed by atoms with Crippen LogP contribution in [0.5, 0.6) is 5.75 Å². The van der Waals surface area contributed by atoms with Gasteiger partial charge in [-0.15, -0.1) is 0 Å². The van der Waals surface area contributed by atoms with Crippen LogP contribution in [-0.2, 0) is 7.05 Å². The highest BCUT2D eigenvalue weighted by molar-refractivity contribution is 6.06. The minimum atomic E-state index is 0.0651. The van der Waals surface area contributed by atoms with E-state index < -0.39 is 0 Å². The number of nitrogens with zero attached hydrogens (tertiary/aromatic N) is 5. The van der Waals surface area contributed by atoms with Gasteiger partial charge in [-0.05, 0) is 44.5 Å². The average Bonchev–Trinajstić information content (AvgIpc) is 3.05. The van der Waals surface area contributed by atoms with E-state index in [2.05, 4.69) is 34.0 Å². The quantitative estimate of drug-likeness (QED) is 0.665. The maximum Gasteiger partial charge on any atom is 0.254 e. The summed E-state index contributed by atoms with van der Waals surface area (Å²) in [6.07, 6.45) is 0. The van der Waals surface area contributed by atoms with E-state index in [1.54, 1.807) is 11.8 Å². The second-order valence-corrected chi connectivity index (χ2v) is 8.00. The Morgan fingerprint density at radius 2 is 1.87 bits per heavy atom. The van der Waals surface area contributed by atoms with Crippen LogP contribution in [0.25, 0.3) is 11.0 Å². The number of rotatable bonds is 4. The van der Waals surface area contributed by atoms with Crippen LogP contribution in [0.2, 0.25) is 0 Å². The Morgan fingerprint density at radius 3 is 2.57 bits per heavy atom. The molecule has 0 saturated carbocycles. The van der Waals surface area contributed by atoms with Gasteiger partial charge in [0.05, 0.1) is 23.8 Å². The number of carbonyl (C=O) groups excluding carboxylic acids is 1. The zero-order valence-electron chi connectivity index (χ0n) is 18.3. The molecule has 0 spiro atoms. The van der Waals surface area contributed by atoms with Gasteiger partial charge in [0.1, 0.15) is 5.75 Å². The lowest BCUT2D eigenvalue weighted by molar-refractivity contribution is 0.0583. The molecule has 4 rings (SSSR count). The first-order chi connectivity index (χ1) is 14.4. The minimum Gasteiger partial charge on any atom is -0.497 e. The SMILES string of the molecule is COc1cccc(C(C)N2CCN(C(=O)c3cc(C)nc4c3c(C)nn4C)CC2)c1. The molecule has 0 radical (unpaired) electrons. The molecule has 1 aliphatic rings. The number of methoxy groups -OCH3 is 1. The van der Waals surface area contributed by atoms with Crippen molar-refractivity contribution >= 4 is 16.9 Å². The van der Waals surface area contributed by atoms with Crippen molar-refractivity contribution in [1.82, 2.24) is 24.6 Å². The summed E-state index contributed by atoms with van der Waals surface area (Å²) in [5, 5.41) is 5.33. The summed E-state index contributed by atoms with van der Waals surface area (Å²) in [5.74, 6) is 0.937. The molecule has 1 atom stereocenters. The second kappa shape index (κ2) is 8.07. The number of ether oxygens (including phenoxy) is 1. The third-order valence-electron chi connectivity index (χ3n) is 6.05. The molecule has 0 bridgehead atoms. The third kappa shape index (κ3) is 3.65. The van der Waals surface area contributed by atoms with E-state index in [-0.39, 0.29) is 11.9 Å². The minimum absolute atomic E-state index is 0.0651. The molecule has 1 unspecified atom stereocenters. The van der Waals surface area contributed by atoms with Gasteiger partial charge in [0.2, 0.25) is 0 Å². The number of aromatic nitrogens is 3. The van der Waals surface area contributed by atoms with Crippen molar-refractivity contribution in [2.24, 2.45) is 7.05 Å². The van der Waals surface area contributed by atoms with Gasteiger partial charge >= 0.3 is 0 Å². The van der Waals surface area contributed by atoms with Crippen LogP contribution in [0.1, 0.15) is 40.3 Å². The molecule has 3 aromatic rings. The normalized spacial score (nSPS) is 16.1. The molecule has 0 N–H and O–H groups in total. The highest BCUT2D eigenvalue weighted by Crippen LogP contribution is 2.27. The van der Waals surface area contributed by atoms with Crippen molar-refractivity contribution in [2.45, 2.75) is 26.8 Å². The fraction of sp³-hybridized carbons (Fsp3) is 0.435. The van der Waals surface area contributed by atoms with Crippen LogP contribution >= 0.6 is 0 Å². The van der Waals surface area contributed by atoms with E-state index in [1.165, 1.54) is 5.56 Å². The van der Waals surface area contributed by atoms with Gasteiger partial charge in [-0.1, -0.05) is 12.1 Å². The van der Waals surface area contributed by atoms with Crippen molar-refractivity contribution in [3.8, 4) is 5.75 Å². The lowest BCUT2D eigenvalue weighted by atomic mass is 10.0. The van der Waals surface area contributed by atoms with Gasteiger partial charge in [-0.25, -0.2) is 4.98 Å². The Bertz CT molecular complexity index is 1080. The van der Waals surface area contributed by atoms with Crippen molar-refractivity contribution < 1.29 is 9.53 Å². The Morgan fingerprint density at radius 1 is 1.13 bits per heavy atom. The van der Waals surface area contributed by atoms with Gasteiger partial charge in [0.15, 0.2) is 5.65 Å². The number of piperazine rings is 1. The fourth-order valence-electron chi connectivity index (χ4n) is 4.33. The molecule has 30 heavy (non-hydrogen) atoms. The molecule has 3 heterocycles. The molecule has 1 aromatic carbocycles. The van der Waals surface area contributed by atoms with Crippen LogP contribution < -0.4 is 4.74 Å². The number of hydrogen-bond acceptors (Lipinski definition) is 5. The molecule has 158 valence electrons. The molecule has 7 nitrogen and oxygen atoms in total. The standard InChI is InChI=1S/C23H29N5O2/c1-15-13-20(21-16(2)25-26(4)22(21)24-15)23(29)28-11-9-27(10-12-28)17(3)18-7-6-8-19(14-18)30-5/h6-8,13-14,17H,9-12H2,1-5H3. The van der Waals surface area contributed by atoms with E-state index in [9.17, 15) is 4.79 Å². The Labute approximate surface area is 177 Å². The highest BCUT2D eigenvalue weighted by Gasteiger charge is 2.27. The monoisotopic (exact) mass is 407 g/mol. The number of carbonyl (C=O) groups is 1. The summed E-state index contributed by atoms with van der Waals surface area (Å²) in [6.45, 7) is 9.15. The third-order valence-corrected chi connectivity index (χ3v) is 6.05. The van der Waals surface area contributed by atoms with Gasteiger partial charge in [0.25, 0.3) is 5.91 Å². The maximum absolute atomic E-state index is 13.4. The van der Waals surface area contributed by atoms with Gasteiger partial charge in [-0.3, -0.25) is 14.4 Å². The summed E-state index contributed by atoms with van der Waals surface area (Å²) >= 11 is 0. The summed E-state index contributed by atoms with van der Waals surface area (Å²) < 4.78 is 7.11. The molecule has 1 amide bonds. The summed E-state index contributed by atoms with van der Waals surface area (Å²) in [4.78, 5) is 22.3. The Balaban J connectivity index is 1.51. The first-order valence-electron chi connectivity index (χ1n) is 10.4. The van der Waals surface area contributed by atoms with Crippen LogP contribution in [0.15, 0.2) is 30.3 Å². The lowest BCUT2D eigenvalue weighted by Gasteiger charge is -2.38. The van der Waals surface area contributed by atoms with E-state index in [0.717, 1.165) is 41.3 Å². The second-order valence-electron chi connectivity index (χ2n) is 8.00. The molecule has 2 aromatic heterocycles. The Kier molecular flexibility index (Phi) is 5.47. The van der Waals surface area contributed by atoms with Gasteiger partial charge in [-0.2, -0.15) is 5.10 Å². The highest BCUT2D eigenvalue weighted by atomic mass is 16.5. The van der Waals surface area contributed by atoms with Crippen LogP contribution in [0, 0.1) is 13.8 Å². The predicted molar refractivity (Wildman–Crippen MR) is 117 cm³/mol. The average molecular weight is 408 g/mol.